The van der Waals surface area contributed by atoms with E-state index in [0.29, 0.717) is 6.04 Å². The zero-order chi connectivity index (χ0) is 11.8. The van der Waals surface area contributed by atoms with E-state index in [4.69, 9.17) is 0 Å². The Hall–Kier alpha value is -0.820. The minimum absolute atomic E-state index is 0.619. The first-order valence-corrected chi connectivity index (χ1v) is 7.07. The maximum Gasteiger partial charge on any atom is 0.00104 e. The highest BCUT2D eigenvalue weighted by molar-refractivity contribution is 5.34. The molecule has 2 atom stereocenters. The second-order valence-electron chi connectivity index (χ2n) is 6.11. The van der Waals surface area contributed by atoms with Gasteiger partial charge in [-0.2, -0.15) is 0 Å². The fourth-order valence-corrected chi connectivity index (χ4v) is 2.73. The van der Waals surface area contributed by atoms with E-state index in [-0.39, 0.29) is 0 Å². The average molecular weight is 229 g/mol. The lowest BCUT2D eigenvalue weighted by atomic mass is 10.0. The second-order valence-corrected chi connectivity index (χ2v) is 6.11. The van der Waals surface area contributed by atoms with Crippen molar-refractivity contribution in [1.29, 1.82) is 0 Å². The molecule has 1 nitrogen and oxygen atoms in total. The largest absolute Gasteiger partial charge is 0.314 e. The number of nitrogens with one attached hydrogen (secondary N) is 1. The van der Waals surface area contributed by atoms with E-state index in [1.807, 2.05) is 0 Å². The van der Waals surface area contributed by atoms with Crippen molar-refractivity contribution in [3.63, 3.8) is 0 Å². The summed E-state index contributed by atoms with van der Waals surface area (Å²) in [4.78, 5) is 0. The van der Waals surface area contributed by atoms with Crippen LogP contribution in [0.15, 0.2) is 24.3 Å². The van der Waals surface area contributed by atoms with Crippen LogP contribution in [0.3, 0.4) is 0 Å². The molecule has 17 heavy (non-hydrogen) atoms. The highest BCUT2D eigenvalue weighted by Gasteiger charge is 2.38. The van der Waals surface area contributed by atoms with E-state index in [0.717, 1.165) is 17.8 Å². The van der Waals surface area contributed by atoms with Gasteiger partial charge in [-0.05, 0) is 54.7 Å². The molecule has 1 aromatic rings. The van der Waals surface area contributed by atoms with Crippen LogP contribution in [0.1, 0.15) is 56.1 Å². The van der Waals surface area contributed by atoms with Crippen LogP contribution in [0, 0.1) is 5.92 Å². The third kappa shape index (κ3) is 2.71. The lowest BCUT2D eigenvalue weighted by Gasteiger charge is -2.08. The summed E-state index contributed by atoms with van der Waals surface area (Å²) in [6, 6.07) is 9.98. The average Bonchev–Trinajstić information content (AvgIpc) is 3.19. The molecule has 92 valence electrons. The van der Waals surface area contributed by atoms with Gasteiger partial charge in [-0.1, -0.05) is 38.1 Å². The van der Waals surface area contributed by atoms with Gasteiger partial charge in [0.2, 0.25) is 0 Å². The highest BCUT2D eigenvalue weighted by atomic mass is 14.9. The fraction of sp³-hybridized carbons (Fsp3) is 0.625. The summed E-state index contributed by atoms with van der Waals surface area (Å²) in [5, 5.41) is 3.56. The fourth-order valence-electron chi connectivity index (χ4n) is 2.73. The van der Waals surface area contributed by atoms with Crippen LogP contribution in [-0.2, 0) is 0 Å². The van der Waals surface area contributed by atoms with Gasteiger partial charge < -0.3 is 5.32 Å². The van der Waals surface area contributed by atoms with E-state index in [2.05, 4.69) is 43.4 Å². The number of hydrogen-bond acceptors (Lipinski definition) is 1. The molecule has 0 heterocycles. The molecule has 2 fully saturated rings. The molecule has 2 aliphatic carbocycles. The van der Waals surface area contributed by atoms with Gasteiger partial charge in [-0.3, -0.25) is 0 Å². The highest BCUT2D eigenvalue weighted by Crippen LogP contribution is 2.48. The van der Waals surface area contributed by atoms with Gasteiger partial charge in [0.15, 0.2) is 0 Å². The van der Waals surface area contributed by atoms with Gasteiger partial charge in [-0.25, -0.2) is 0 Å². The molecule has 1 N–H and O–H groups in total. The smallest absolute Gasteiger partial charge is 0.00104 e. The molecule has 1 heteroatoms. The molecule has 0 spiro atoms. The lowest BCUT2D eigenvalue weighted by molar-refractivity contribution is 0.554. The molecule has 2 aliphatic rings. The van der Waals surface area contributed by atoms with Gasteiger partial charge in [0.1, 0.15) is 0 Å². The predicted octanol–water partition coefficient (Wildman–Crippen LogP) is 3.67. The number of rotatable bonds is 5. The van der Waals surface area contributed by atoms with E-state index in [1.165, 1.54) is 25.8 Å². The van der Waals surface area contributed by atoms with Crippen LogP contribution in [-0.4, -0.2) is 12.6 Å². The van der Waals surface area contributed by atoms with Crippen LogP contribution in [0.2, 0.25) is 0 Å². The summed E-state index contributed by atoms with van der Waals surface area (Å²) in [5.41, 5.74) is 3.18. The van der Waals surface area contributed by atoms with Gasteiger partial charge in [-0.15, -0.1) is 0 Å². The first kappa shape index (κ1) is 11.3. The Balaban J connectivity index is 1.60. The Morgan fingerprint density at radius 1 is 1.24 bits per heavy atom. The van der Waals surface area contributed by atoms with Crippen molar-refractivity contribution in [2.45, 2.75) is 51.0 Å². The first-order valence-electron chi connectivity index (χ1n) is 7.07. The Morgan fingerprint density at radius 3 is 2.71 bits per heavy atom. The molecule has 2 unspecified atom stereocenters. The Kier molecular flexibility index (Phi) is 2.96. The third-order valence-electron chi connectivity index (χ3n) is 4.10. The zero-order valence-corrected chi connectivity index (χ0v) is 10.9. The lowest BCUT2D eigenvalue weighted by Crippen LogP contribution is -2.25. The molecule has 3 rings (SSSR count). The van der Waals surface area contributed by atoms with Gasteiger partial charge in [0, 0.05) is 6.04 Å². The quantitative estimate of drug-likeness (QED) is 0.812. The van der Waals surface area contributed by atoms with Crippen molar-refractivity contribution in [2.24, 2.45) is 5.92 Å². The Labute approximate surface area is 105 Å². The first-order chi connectivity index (χ1) is 8.24. The number of hydrogen-bond donors (Lipinski definition) is 1. The normalized spacial score (nSPS) is 27.5. The van der Waals surface area contributed by atoms with Crippen molar-refractivity contribution in [1.82, 2.24) is 5.32 Å². The summed E-state index contributed by atoms with van der Waals surface area (Å²) >= 11 is 0. The van der Waals surface area contributed by atoms with Crippen molar-refractivity contribution in [3.8, 4) is 0 Å². The van der Waals surface area contributed by atoms with E-state index in [1.54, 1.807) is 11.1 Å². The molecule has 0 saturated heterocycles. The number of benzene rings is 1. The molecular weight excluding hydrogens is 206 g/mol. The predicted molar refractivity (Wildman–Crippen MR) is 72.4 cm³/mol. The molecule has 1 aromatic carbocycles. The summed E-state index contributed by atoms with van der Waals surface area (Å²) in [5.74, 6) is 2.60. The van der Waals surface area contributed by atoms with E-state index >= 15 is 0 Å². The summed E-state index contributed by atoms with van der Waals surface area (Å²) < 4.78 is 0. The maximum absolute atomic E-state index is 3.56. The maximum atomic E-state index is 3.56. The van der Waals surface area contributed by atoms with Crippen molar-refractivity contribution >= 4 is 0 Å². The van der Waals surface area contributed by atoms with Crippen molar-refractivity contribution < 1.29 is 0 Å². The summed E-state index contributed by atoms with van der Waals surface area (Å²) in [7, 11) is 0. The van der Waals surface area contributed by atoms with Crippen LogP contribution >= 0.6 is 0 Å². The van der Waals surface area contributed by atoms with Gasteiger partial charge in [0.25, 0.3) is 0 Å². The molecule has 0 bridgehead atoms. The Morgan fingerprint density at radius 2 is 2.00 bits per heavy atom. The second kappa shape index (κ2) is 4.45. The van der Waals surface area contributed by atoms with Gasteiger partial charge in [0.05, 0.1) is 0 Å². The zero-order valence-electron chi connectivity index (χ0n) is 10.9. The third-order valence-corrected chi connectivity index (χ3v) is 4.10. The SMILES string of the molecule is CC(C)NCC1CC1c1cccc(C2CC2)c1. The molecule has 2 saturated carbocycles. The minimum atomic E-state index is 0.619. The molecule has 0 aromatic heterocycles. The van der Waals surface area contributed by atoms with E-state index in [9.17, 15) is 0 Å². The topological polar surface area (TPSA) is 12.0 Å². The summed E-state index contributed by atoms with van der Waals surface area (Å²) in [6.45, 7) is 5.65. The molecule has 0 aliphatic heterocycles. The molecular formula is C16H23N. The van der Waals surface area contributed by atoms with Crippen LogP contribution in [0.25, 0.3) is 0 Å². The van der Waals surface area contributed by atoms with Crippen LogP contribution < -0.4 is 5.32 Å². The van der Waals surface area contributed by atoms with Crippen molar-refractivity contribution in [3.05, 3.63) is 35.4 Å². The molecule has 0 radical (unpaired) electrons. The van der Waals surface area contributed by atoms with Crippen molar-refractivity contribution in [2.75, 3.05) is 6.54 Å². The Bertz CT molecular complexity index is 392. The van der Waals surface area contributed by atoms with E-state index < -0.39 is 0 Å². The van der Waals surface area contributed by atoms with Crippen LogP contribution in [0.4, 0.5) is 0 Å². The molecule has 0 amide bonds. The van der Waals surface area contributed by atoms with Crippen LogP contribution in [0.5, 0.6) is 0 Å². The summed E-state index contributed by atoms with van der Waals surface area (Å²) in [6.07, 6.45) is 4.20. The minimum Gasteiger partial charge on any atom is -0.314 e. The standard InChI is InChI=1S/C16H23N/c1-11(2)17-10-15-9-16(15)14-5-3-4-13(8-14)12-6-7-12/h3-5,8,11-12,15-17H,6-7,9-10H2,1-2H3. The van der Waals surface area contributed by atoms with Gasteiger partial charge >= 0.3 is 0 Å². The monoisotopic (exact) mass is 229 g/mol.